The van der Waals surface area contributed by atoms with Crippen LogP contribution in [0.5, 0.6) is 5.75 Å². The van der Waals surface area contributed by atoms with Crippen molar-refractivity contribution in [3.8, 4) is 5.75 Å². The number of ether oxygens (including phenoxy) is 1. The summed E-state index contributed by atoms with van der Waals surface area (Å²) >= 11 is 10.8. The highest BCUT2D eigenvalue weighted by Gasteiger charge is 2.07. The van der Waals surface area contributed by atoms with Gasteiger partial charge in [0.1, 0.15) is 5.75 Å². The first-order valence-electron chi connectivity index (χ1n) is 8.05. The Kier molecular flexibility index (Phi) is 8.07. The molecule has 0 radical (unpaired) electrons. The zero-order valence-corrected chi connectivity index (χ0v) is 16.3. The average molecular weight is 435 g/mol. The van der Waals surface area contributed by atoms with Gasteiger partial charge in [-0.25, -0.2) is 0 Å². The van der Waals surface area contributed by atoms with Crippen molar-refractivity contribution in [3.05, 3.63) is 75.3 Å². The fraction of sp³-hybridized carbons (Fsp3) is 0.0556. The number of non-ortho nitro benzene ring substituents is 1. The largest absolute Gasteiger partial charge is 0.482 e. The molecule has 0 heterocycles. The van der Waals surface area contributed by atoms with E-state index in [1.54, 1.807) is 24.3 Å². The molecule has 2 aromatic carbocycles. The van der Waals surface area contributed by atoms with Gasteiger partial charge in [0.05, 0.1) is 9.95 Å². The molecular formula is C18H15ClN4O5S. The summed E-state index contributed by atoms with van der Waals surface area (Å²) < 4.78 is 5.25. The number of carbonyl (C=O) groups is 2. The van der Waals surface area contributed by atoms with E-state index in [1.165, 1.54) is 36.4 Å². The molecule has 11 heteroatoms. The Hall–Kier alpha value is -3.50. The SMILES string of the molecule is O=C(/C=C/c1ccc([N+](=O)[O-])cc1)NC(=S)NNC(=O)COc1ccccc1Cl. The number of para-hydroxylation sites is 1. The van der Waals surface area contributed by atoms with Gasteiger partial charge >= 0.3 is 0 Å². The Balaban J connectivity index is 1.72. The molecule has 0 aliphatic rings. The zero-order chi connectivity index (χ0) is 21.2. The molecule has 0 saturated carbocycles. The highest BCUT2D eigenvalue weighted by molar-refractivity contribution is 7.80. The van der Waals surface area contributed by atoms with Crippen LogP contribution in [-0.2, 0) is 9.59 Å². The second-order valence-electron chi connectivity index (χ2n) is 5.39. The fourth-order valence-corrected chi connectivity index (χ4v) is 2.27. The Labute approximate surface area is 175 Å². The van der Waals surface area contributed by atoms with E-state index in [9.17, 15) is 19.7 Å². The summed E-state index contributed by atoms with van der Waals surface area (Å²) in [4.78, 5) is 33.6. The molecule has 0 aliphatic heterocycles. The average Bonchev–Trinajstić information content (AvgIpc) is 2.70. The lowest BCUT2D eigenvalue weighted by atomic mass is 10.2. The minimum atomic E-state index is -0.553. The number of nitro benzene ring substituents is 1. The molecule has 0 aliphatic carbocycles. The van der Waals surface area contributed by atoms with Crippen molar-refractivity contribution in [1.29, 1.82) is 0 Å². The highest BCUT2D eigenvalue weighted by atomic mass is 35.5. The summed E-state index contributed by atoms with van der Waals surface area (Å²) in [5.41, 5.74) is 5.17. The number of hydrazine groups is 1. The van der Waals surface area contributed by atoms with Crippen molar-refractivity contribution < 1.29 is 19.2 Å². The third-order valence-electron chi connectivity index (χ3n) is 3.28. The Bertz CT molecular complexity index is 950. The molecule has 2 rings (SSSR count). The number of hydrogen-bond acceptors (Lipinski definition) is 6. The Morgan fingerprint density at radius 3 is 2.48 bits per heavy atom. The molecule has 0 atom stereocenters. The van der Waals surface area contributed by atoms with Crippen LogP contribution in [0.3, 0.4) is 0 Å². The van der Waals surface area contributed by atoms with Crippen LogP contribution in [0.2, 0.25) is 5.02 Å². The predicted octanol–water partition coefficient (Wildman–Crippen LogP) is 2.36. The molecule has 150 valence electrons. The standard InChI is InChI=1S/C18H15ClN4O5S/c19-14-3-1-2-4-15(14)28-11-17(25)21-22-18(29)20-16(24)10-7-12-5-8-13(9-6-12)23(26)27/h1-10H,11H2,(H,21,25)(H2,20,22,24,29)/b10-7+. The molecule has 0 spiro atoms. The third kappa shape index (κ3) is 7.56. The van der Waals surface area contributed by atoms with E-state index in [2.05, 4.69) is 16.2 Å². The molecule has 0 saturated heterocycles. The minimum Gasteiger partial charge on any atom is -0.482 e. The highest BCUT2D eigenvalue weighted by Crippen LogP contribution is 2.22. The number of carbonyl (C=O) groups excluding carboxylic acids is 2. The molecule has 0 unspecified atom stereocenters. The minimum absolute atomic E-state index is 0.0498. The second kappa shape index (κ2) is 10.7. The molecular weight excluding hydrogens is 420 g/mol. The molecule has 0 aromatic heterocycles. The molecule has 9 nitrogen and oxygen atoms in total. The van der Waals surface area contributed by atoms with Gasteiger partial charge in [-0.1, -0.05) is 23.7 Å². The van der Waals surface area contributed by atoms with E-state index in [4.69, 9.17) is 28.6 Å². The lowest BCUT2D eigenvalue weighted by Gasteiger charge is -2.11. The van der Waals surface area contributed by atoms with Gasteiger partial charge in [-0.15, -0.1) is 0 Å². The number of rotatable bonds is 6. The maximum Gasteiger partial charge on any atom is 0.276 e. The molecule has 3 N–H and O–H groups in total. The van der Waals surface area contributed by atoms with Crippen molar-refractivity contribution >= 4 is 52.5 Å². The Morgan fingerprint density at radius 1 is 1.14 bits per heavy atom. The first-order chi connectivity index (χ1) is 13.8. The number of nitrogens with one attached hydrogen (secondary N) is 3. The third-order valence-corrected chi connectivity index (χ3v) is 3.80. The number of thiocarbonyl (C=S) groups is 1. The lowest BCUT2D eigenvalue weighted by molar-refractivity contribution is -0.384. The molecule has 0 bridgehead atoms. The zero-order valence-electron chi connectivity index (χ0n) is 14.8. The normalized spacial score (nSPS) is 10.2. The summed E-state index contributed by atoms with van der Waals surface area (Å²) in [6, 6.07) is 12.3. The van der Waals surface area contributed by atoms with Gasteiger partial charge in [0, 0.05) is 18.2 Å². The van der Waals surface area contributed by atoms with Crippen LogP contribution in [0.4, 0.5) is 5.69 Å². The van der Waals surface area contributed by atoms with Crippen LogP contribution in [0.15, 0.2) is 54.6 Å². The molecule has 2 amide bonds. The monoisotopic (exact) mass is 434 g/mol. The summed E-state index contributed by atoms with van der Waals surface area (Å²) in [5.74, 6) is -0.734. The maximum atomic E-state index is 11.8. The van der Waals surface area contributed by atoms with Gasteiger partial charge in [-0.05, 0) is 48.1 Å². The van der Waals surface area contributed by atoms with Crippen LogP contribution >= 0.6 is 23.8 Å². The Morgan fingerprint density at radius 2 is 1.83 bits per heavy atom. The first kappa shape index (κ1) is 21.8. The number of nitro groups is 1. The summed E-state index contributed by atoms with van der Waals surface area (Å²) in [7, 11) is 0. The van der Waals surface area contributed by atoms with Crippen molar-refractivity contribution in [2.45, 2.75) is 0 Å². The second-order valence-corrected chi connectivity index (χ2v) is 6.21. The smallest absolute Gasteiger partial charge is 0.276 e. The number of benzene rings is 2. The molecule has 0 fully saturated rings. The number of amides is 2. The number of nitrogens with zero attached hydrogens (tertiary/aromatic N) is 1. The van der Waals surface area contributed by atoms with Gasteiger partial charge in [-0.2, -0.15) is 0 Å². The van der Waals surface area contributed by atoms with E-state index < -0.39 is 16.7 Å². The fourth-order valence-electron chi connectivity index (χ4n) is 1.93. The summed E-state index contributed by atoms with van der Waals surface area (Å²) in [5, 5.41) is 13.2. The van der Waals surface area contributed by atoms with Crippen LogP contribution in [0.25, 0.3) is 6.08 Å². The van der Waals surface area contributed by atoms with Gasteiger partial charge in [0.25, 0.3) is 11.6 Å². The van der Waals surface area contributed by atoms with Crippen molar-refractivity contribution in [2.75, 3.05) is 6.61 Å². The van der Waals surface area contributed by atoms with E-state index >= 15 is 0 Å². The maximum absolute atomic E-state index is 11.8. The summed E-state index contributed by atoms with van der Waals surface area (Å²) in [6.45, 7) is -0.312. The van der Waals surface area contributed by atoms with Crippen LogP contribution in [0.1, 0.15) is 5.56 Å². The first-order valence-corrected chi connectivity index (χ1v) is 8.83. The van der Waals surface area contributed by atoms with Crippen molar-refractivity contribution in [3.63, 3.8) is 0 Å². The van der Waals surface area contributed by atoms with Crippen LogP contribution in [-0.4, -0.2) is 28.5 Å². The molecule has 2 aromatic rings. The van der Waals surface area contributed by atoms with Gasteiger partial charge < -0.3 is 4.74 Å². The van der Waals surface area contributed by atoms with Gasteiger partial charge in [0.2, 0.25) is 5.91 Å². The number of halogens is 1. The van der Waals surface area contributed by atoms with E-state index in [1.807, 2.05) is 0 Å². The van der Waals surface area contributed by atoms with Gasteiger partial charge in [0.15, 0.2) is 11.7 Å². The number of hydrogen-bond donors (Lipinski definition) is 3. The van der Waals surface area contributed by atoms with E-state index in [-0.39, 0.29) is 17.4 Å². The predicted molar refractivity (Wildman–Crippen MR) is 111 cm³/mol. The van der Waals surface area contributed by atoms with E-state index in [0.717, 1.165) is 0 Å². The summed E-state index contributed by atoms with van der Waals surface area (Å²) in [6.07, 6.45) is 2.65. The molecule has 29 heavy (non-hydrogen) atoms. The van der Waals surface area contributed by atoms with E-state index in [0.29, 0.717) is 16.3 Å². The van der Waals surface area contributed by atoms with Crippen LogP contribution in [0, 0.1) is 10.1 Å². The van der Waals surface area contributed by atoms with Crippen molar-refractivity contribution in [2.24, 2.45) is 0 Å². The quantitative estimate of drug-likeness (QED) is 0.276. The topological polar surface area (TPSA) is 123 Å². The van der Waals surface area contributed by atoms with Crippen LogP contribution < -0.4 is 20.9 Å². The lowest BCUT2D eigenvalue weighted by Crippen LogP contribution is -2.49. The van der Waals surface area contributed by atoms with Crippen molar-refractivity contribution in [1.82, 2.24) is 16.2 Å². The van der Waals surface area contributed by atoms with Gasteiger partial charge in [-0.3, -0.25) is 35.9 Å².